The second-order valence-electron chi connectivity index (χ2n) is 5.86. The van der Waals surface area contributed by atoms with Gasteiger partial charge in [0.25, 0.3) is 5.91 Å². The van der Waals surface area contributed by atoms with Crippen molar-refractivity contribution in [3.05, 3.63) is 29.8 Å². The third-order valence-corrected chi connectivity index (χ3v) is 4.32. The van der Waals surface area contributed by atoms with Crippen LogP contribution >= 0.6 is 0 Å². The molecule has 0 radical (unpaired) electrons. The number of hydrogen-bond acceptors (Lipinski definition) is 7. The van der Waals surface area contributed by atoms with E-state index in [0.29, 0.717) is 12.5 Å². The number of amides is 3. The molecule has 2 aliphatic heterocycles. The van der Waals surface area contributed by atoms with Gasteiger partial charge in [-0.05, 0) is 36.8 Å². The summed E-state index contributed by atoms with van der Waals surface area (Å²) < 4.78 is 0. The van der Waals surface area contributed by atoms with E-state index in [4.69, 9.17) is 0 Å². The molecule has 1 saturated heterocycles. The Morgan fingerprint density at radius 1 is 1.24 bits per heavy atom. The fraction of sp³-hybridized carbons (Fsp3) is 0.375. The van der Waals surface area contributed by atoms with Gasteiger partial charge in [-0.2, -0.15) is 5.10 Å². The third-order valence-electron chi connectivity index (χ3n) is 4.32. The van der Waals surface area contributed by atoms with E-state index in [9.17, 15) is 14.7 Å². The number of carbonyl (C=O) groups excluding carboxylic acids is 2. The summed E-state index contributed by atoms with van der Waals surface area (Å²) in [4.78, 5) is 33.6. The molecule has 25 heavy (non-hydrogen) atoms. The summed E-state index contributed by atoms with van der Waals surface area (Å²) in [5, 5.41) is 13.4. The van der Waals surface area contributed by atoms with Gasteiger partial charge in [0, 0.05) is 20.6 Å². The molecule has 1 aromatic carbocycles. The molecule has 2 heterocycles. The largest absolute Gasteiger partial charge is 0.508 e. The van der Waals surface area contributed by atoms with Crippen LogP contribution in [0.2, 0.25) is 0 Å². The molecule has 0 aliphatic carbocycles. The summed E-state index contributed by atoms with van der Waals surface area (Å²) in [5.41, 5.74) is 3.61. The van der Waals surface area contributed by atoms with Crippen molar-refractivity contribution < 1.29 is 14.7 Å². The Hall–Kier alpha value is -3.10. The number of imide groups is 1. The molecule has 3 rings (SSSR count). The number of phenolic OH excluding ortho intramolecular Hbond substituents is 1. The molecular weight excluding hydrogens is 324 g/mol. The van der Waals surface area contributed by atoms with Gasteiger partial charge in [0.1, 0.15) is 5.75 Å². The lowest BCUT2D eigenvalue weighted by Gasteiger charge is -2.39. The van der Waals surface area contributed by atoms with Crippen LogP contribution in [-0.4, -0.2) is 76.8 Å². The fourth-order valence-electron chi connectivity index (χ4n) is 2.89. The maximum atomic E-state index is 12.6. The molecule has 9 heteroatoms. The quantitative estimate of drug-likeness (QED) is 0.604. The molecule has 2 unspecified atom stereocenters. The van der Waals surface area contributed by atoms with Crippen molar-refractivity contribution in [2.24, 2.45) is 10.1 Å². The minimum atomic E-state index is -0.570. The highest BCUT2D eigenvalue weighted by Gasteiger charge is 2.50. The summed E-state index contributed by atoms with van der Waals surface area (Å²) in [6.45, 7) is 2.09. The zero-order valence-electron chi connectivity index (χ0n) is 14.2. The SMILES string of the molecule is CCN1C(=O)C2C(N=C(N/N=C/c3ccc(O)cc3)N2C)N(C)C1=O. The Balaban J connectivity index is 1.75. The number of hydrazone groups is 1. The van der Waals surface area contributed by atoms with Crippen molar-refractivity contribution in [1.29, 1.82) is 0 Å². The monoisotopic (exact) mass is 344 g/mol. The van der Waals surface area contributed by atoms with Crippen LogP contribution in [0, 0.1) is 0 Å². The van der Waals surface area contributed by atoms with E-state index in [-0.39, 0.29) is 17.7 Å². The van der Waals surface area contributed by atoms with E-state index in [2.05, 4.69) is 15.5 Å². The van der Waals surface area contributed by atoms with Crippen LogP contribution in [0.25, 0.3) is 0 Å². The highest BCUT2D eigenvalue weighted by Crippen LogP contribution is 2.25. The number of guanidine groups is 1. The maximum Gasteiger partial charge on any atom is 0.328 e. The summed E-state index contributed by atoms with van der Waals surface area (Å²) >= 11 is 0. The number of urea groups is 1. The number of hydrogen-bond donors (Lipinski definition) is 2. The Labute approximate surface area is 145 Å². The Morgan fingerprint density at radius 2 is 1.92 bits per heavy atom. The van der Waals surface area contributed by atoms with Crippen molar-refractivity contribution in [3.8, 4) is 5.75 Å². The molecule has 0 bridgehead atoms. The minimum absolute atomic E-state index is 0.181. The van der Waals surface area contributed by atoms with Crippen LogP contribution in [0.4, 0.5) is 4.79 Å². The number of rotatable bonds is 3. The highest BCUT2D eigenvalue weighted by atomic mass is 16.3. The number of carbonyl (C=O) groups is 2. The van der Waals surface area contributed by atoms with Gasteiger partial charge in [-0.1, -0.05) is 0 Å². The number of benzene rings is 1. The van der Waals surface area contributed by atoms with Crippen molar-refractivity contribution in [2.45, 2.75) is 19.1 Å². The average Bonchev–Trinajstić information content (AvgIpc) is 2.92. The van der Waals surface area contributed by atoms with Gasteiger partial charge in [0.15, 0.2) is 12.2 Å². The highest BCUT2D eigenvalue weighted by molar-refractivity contribution is 6.03. The smallest absolute Gasteiger partial charge is 0.328 e. The first-order valence-corrected chi connectivity index (χ1v) is 7.91. The lowest BCUT2D eigenvalue weighted by Crippen LogP contribution is -2.64. The van der Waals surface area contributed by atoms with Gasteiger partial charge in [-0.25, -0.2) is 15.2 Å². The number of fused-ring (bicyclic) bond motifs is 1. The summed E-state index contributed by atoms with van der Waals surface area (Å²) in [6, 6.07) is 5.65. The van der Waals surface area contributed by atoms with Crippen LogP contribution < -0.4 is 5.43 Å². The lowest BCUT2D eigenvalue weighted by atomic mass is 10.1. The zero-order valence-corrected chi connectivity index (χ0v) is 14.2. The lowest BCUT2D eigenvalue weighted by molar-refractivity contribution is -0.136. The second kappa shape index (κ2) is 6.42. The standard InChI is InChI=1S/C16H20N6O3/c1-4-22-14(24)12-13(21(3)16(22)25)18-15(20(12)2)19-17-9-10-5-7-11(23)8-6-10/h5-9,12-13,23H,4H2,1-3H3,(H,18,19)/b17-9+. The van der Waals surface area contributed by atoms with E-state index in [1.54, 1.807) is 56.4 Å². The first-order valence-electron chi connectivity index (χ1n) is 7.91. The number of nitrogens with one attached hydrogen (secondary N) is 1. The van der Waals surface area contributed by atoms with Gasteiger partial charge in [0.05, 0.1) is 6.21 Å². The van der Waals surface area contributed by atoms with Gasteiger partial charge in [-0.3, -0.25) is 9.69 Å². The topological polar surface area (TPSA) is 101 Å². The Morgan fingerprint density at radius 3 is 2.56 bits per heavy atom. The molecular formula is C16H20N6O3. The molecule has 0 aromatic heterocycles. The number of aromatic hydroxyl groups is 1. The molecule has 2 atom stereocenters. The molecule has 132 valence electrons. The van der Waals surface area contributed by atoms with Crippen LogP contribution in [0.5, 0.6) is 5.75 Å². The maximum absolute atomic E-state index is 12.6. The molecule has 0 spiro atoms. The zero-order chi connectivity index (χ0) is 18.1. The van der Waals surface area contributed by atoms with E-state index >= 15 is 0 Å². The molecule has 2 aliphatic rings. The van der Waals surface area contributed by atoms with Gasteiger partial charge >= 0.3 is 6.03 Å². The molecule has 9 nitrogen and oxygen atoms in total. The Bertz CT molecular complexity index is 745. The summed E-state index contributed by atoms with van der Waals surface area (Å²) in [6.07, 6.45) is 1.01. The summed E-state index contributed by atoms with van der Waals surface area (Å²) in [5.74, 6) is 0.331. The van der Waals surface area contributed by atoms with E-state index in [1.807, 2.05) is 0 Å². The molecule has 1 aromatic rings. The van der Waals surface area contributed by atoms with Crippen LogP contribution in [0.1, 0.15) is 12.5 Å². The minimum Gasteiger partial charge on any atom is -0.508 e. The average molecular weight is 344 g/mol. The first kappa shape index (κ1) is 16.7. The molecule has 1 fully saturated rings. The van der Waals surface area contributed by atoms with Gasteiger partial charge in [-0.15, -0.1) is 0 Å². The fourth-order valence-corrected chi connectivity index (χ4v) is 2.89. The first-order chi connectivity index (χ1) is 11.9. The Kier molecular flexibility index (Phi) is 4.30. The van der Waals surface area contributed by atoms with Crippen LogP contribution in [-0.2, 0) is 4.79 Å². The van der Waals surface area contributed by atoms with Crippen molar-refractivity contribution in [1.82, 2.24) is 20.1 Å². The van der Waals surface area contributed by atoms with Crippen LogP contribution in [0.3, 0.4) is 0 Å². The number of phenols is 1. The number of nitrogens with zero attached hydrogens (tertiary/aromatic N) is 5. The molecule has 0 saturated carbocycles. The molecule has 2 N–H and O–H groups in total. The third kappa shape index (κ3) is 2.88. The predicted octanol–water partition coefficient (Wildman–Crippen LogP) is 0.226. The van der Waals surface area contributed by atoms with Gasteiger partial charge < -0.3 is 14.9 Å². The number of likely N-dealkylation sites (N-methyl/N-ethyl adjacent to an activating group) is 3. The van der Waals surface area contributed by atoms with Crippen molar-refractivity contribution >= 4 is 24.1 Å². The summed E-state index contributed by atoms with van der Waals surface area (Å²) in [7, 11) is 3.37. The predicted molar refractivity (Wildman–Crippen MR) is 92.2 cm³/mol. The van der Waals surface area contributed by atoms with E-state index in [0.717, 1.165) is 5.56 Å². The number of aliphatic imine (C=N–C) groups is 1. The van der Waals surface area contributed by atoms with E-state index in [1.165, 1.54) is 9.80 Å². The van der Waals surface area contributed by atoms with E-state index < -0.39 is 12.2 Å². The van der Waals surface area contributed by atoms with Crippen molar-refractivity contribution in [3.63, 3.8) is 0 Å². The molecule has 3 amide bonds. The second-order valence-corrected chi connectivity index (χ2v) is 5.86. The van der Waals surface area contributed by atoms with Crippen LogP contribution in [0.15, 0.2) is 34.4 Å². The van der Waals surface area contributed by atoms with Gasteiger partial charge in [0.2, 0.25) is 5.96 Å². The normalized spacial score (nSPS) is 23.3. The van der Waals surface area contributed by atoms with Crippen molar-refractivity contribution in [2.75, 3.05) is 20.6 Å².